The van der Waals surface area contributed by atoms with Gasteiger partial charge in [0.1, 0.15) is 5.76 Å². The molecule has 0 atom stereocenters. The predicted molar refractivity (Wildman–Crippen MR) is 70.5 cm³/mol. The van der Waals surface area contributed by atoms with Crippen molar-refractivity contribution in [1.29, 1.82) is 0 Å². The summed E-state index contributed by atoms with van der Waals surface area (Å²) in [5.41, 5.74) is 4.28. The molecule has 96 valence electrons. The van der Waals surface area contributed by atoms with E-state index in [1.165, 1.54) is 0 Å². The second kappa shape index (κ2) is 5.69. The van der Waals surface area contributed by atoms with Gasteiger partial charge in [-0.3, -0.25) is 0 Å². The summed E-state index contributed by atoms with van der Waals surface area (Å²) in [6, 6.07) is 8.19. The van der Waals surface area contributed by atoms with Gasteiger partial charge in [0.25, 0.3) is 0 Å². The number of rotatable bonds is 5. The maximum absolute atomic E-state index is 5.14. The molecule has 0 aliphatic rings. The Morgan fingerprint density at radius 3 is 2.83 bits per heavy atom. The molecule has 0 aliphatic heterocycles. The fourth-order valence-electron chi connectivity index (χ4n) is 1.88. The minimum atomic E-state index is 0.626. The molecule has 2 aromatic rings. The number of aromatic nitrogens is 1. The molecular formula is C14H18N2O2. The molecule has 0 radical (unpaired) electrons. The number of anilines is 1. The first-order valence-corrected chi connectivity index (χ1v) is 5.94. The Labute approximate surface area is 107 Å². The van der Waals surface area contributed by atoms with E-state index in [1.807, 2.05) is 32.0 Å². The lowest BCUT2D eigenvalue weighted by molar-refractivity contribution is 0.185. The highest BCUT2D eigenvalue weighted by Crippen LogP contribution is 2.16. The highest BCUT2D eigenvalue weighted by Gasteiger charge is 2.08. The first-order valence-electron chi connectivity index (χ1n) is 5.94. The molecule has 0 unspecified atom stereocenters. The van der Waals surface area contributed by atoms with Crippen LogP contribution in [0, 0.1) is 13.8 Å². The van der Waals surface area contributed by atoms with Crippen molar-refractivity contribution in [2.24, 2.45) is 0 Å². The monoisotopic (exact) mass is 246 g/mol. The van der Waals surface area contributed by atoms with Crippen molar-refractivity contribution in [3.05, 3.63) is 46.8 Å². The van der Waals surface area contributed by atoms with E-state index < -0.39 is 0 Å². The maximum Gasteiger partial charge on any atom is 0.138 e. The Morgan fingerprint density at radius 2 is 2.17 bits per heavy atom. The molecule has 0 bridgehead atoms. The molecule has 1 heterocycles. The van der Waals surface area contributed by atoms with Gasteiger partial charge in [-0.2, -0.15) is 0 Å². The van der Waals surface area contributed by atoms with Crippen molar-refractivity contribution < 1.29 is 9.26 Å². The van der Waals surface area contributed by atoms with Gasteiger partial charge in [0, 0.05) is 24.9 Å². The standard InChI is InChI=1S/C14H18N2O2/c1-10-14(11(2)18-16-10)8-15-13-6-4-5-12(7-13)9-17-3/h4-7,15H,8-9H2,1-3H3. The SMILES string of the molecule is COCc1cccc(NCc2c(C)noc2C)c1. The summed E-state index contributed by atoms with van der Waals surface area (Å²) in [5.74, 6) is 0.869. The van der Waals surface area contributed by atoms with Gasteiger partial charge < -0.3 is 14.6 Å². The highest BCUT2D eigenvalue weighted by atomic mass is 16.5. The number of benzene rings is 1. The van der Waals surface area contributed by atoms with E-state index in [4.69, 9.17) is 9.26 Å². The van der Waals surface area contributed by atoms with Crippen LogP contribution in [-0.2, 0) is 17.9 Å². The Kier molecular flexibility index (Phi) is 3.99. The van der Waals surface area contributed by atoms with E-state index in [-0.39, 0.29) is 0 Å². The Morgan fingerprint density at radius 1 is 1.33 bits per heavy atom. The smallest absolute Gasteiger partial charge is 0.138 e. The van der Waals surface area contributed by atoms with Gasteiger partial charge in [-0.05, 0) is 31.5 Å². The van der Waals surface area contributed by atoms with Gasteiger partial charge in [-0.15, -0.1) is 0 Å². The van der Waals surface area contributed by atoms with Crippen molar-refractivity contribution in [2.45, 2.75) is 27.0 Å². The minimum Gasteiger partial charge on any atom is -0.381 e. The highest BCUT2D eigenvalue weighted by molar-refractivity contribution is 5.46. The number of nitrogens with zero attached hydrogens (tertiary/aromatic N) is 1. The Bertz CT molecular complexity index is 501. The third-order valence-electron chi connectivity index (χ3n) is 2.89. The fraction of sp³-hybridized carbons (Fsp3) is 0.357. The number of aryl methyl sites for hydroxylation is 2. The van der Waals surface area contributed by atoms with Gasteiger partial charge in [-0.1, -0.05) is 17.3 Å². The summed E-state index contributed by atoms with van der Waals surface area (Å²) < 4.78 is 10.3. The number of methoxy groups -OCH3 is 1. The fourth-order valence-corrected chi connectivity index (χ4v) is 1.88. The van der Waals surface area contributed by atoms with Crippen LogP contribution >= 0.6 is 0 Å². The van der Waals surface area contributed by atoms with Gasteiger partial charge in [0.15, 0.2) is 0 Å². The summed E-state index contributed by atoms with van der Waals surface area (Å²) >= 11 is 0. The summed E-state index contributed by atoms with van der Waals surface area (Å²) in [7, 11) is 1.70. The van der Waals surface area contributed by atoms with Gasteiger partial charge >= 0.3 is 0 Å². The molecule has 4 nitrogen and oxygen atoms in total. The maximum atomic E-state index is 5.14. The van der Waals surface area contributed by atoms with E-state index in [1.54, 1.807) is 7.11 Å². The van der Waals surface area contributed by atoms with Crippen molar-refractivity contribution in [3.63, 3.8) is 0 Å². The number of hydrogen-bond donors (Lipinski definition) is 1. The van der Waals surface area contributed by atoms with E-state index in [9.17, 15) is 0 Å². The molecule has 1 aromatic heterocycles. The van der Waals surface area contributed by atoms with E-state index in [0.29, 0.717) is 6.61 Å². The van der Waals surface area contributed by atoms with Crippen LogP contribution in [-0.4, -0.2) is 12.3 Å². The lowest BCUT2D eigenvalue weighted by Gasteiger charge is -2.08. The summed E-state index contributed by atoms with van der Waals surface area (Å²) in [5, 5.41) is 7.31. The van der Waals surface area contributed by atoms with Crippen molar-refractivity contribution >= 4 is 5.69 Å². The van der Waals surface area contributed by atoms with Crippen LogP contribution in [0.2, 0.25) is 0 Å². The number of nitrogens with one attached hydrogen (secondary N) is 1. The van der Waals surface area contributed by atoms with Crippen LogP contribution < -0.4 is 5.32 Å². The third-order valence-corrected chi connectivity index (χ3v) is 2.89. The predicted octanol–water partition coefficient (Wildman–Crippen LogP) is 3.05. The van der Waals surface area contributed by atoms with Crippen LogP contribution in [0.1, 0.15) is 22.6 Å². The normalized spacial score (nSPS) is 10.6. The van der Waals surface area contributed by atoms with E-state index >= 15 is 0 Å². The van der Waals surface area contributed by atoms with Crippen molar-refractivity contribution in [1.82, 2.24) is 5.16 Å². The zero-order valence-corrected chi connectivity index (χ0v) is 11.0. The second-order valence-corrected chi connectivity index (χ2v) is 4.29. The minimum absolute atomic E-state index is 0.626. The molecule has 0 fully saturated rings. The first-order chi connectivity index (χ1) is 8.70. The molecule has 0 spiro atoms. The average molecular weight is 246 g/mol. The first kappa shape index (κ1) is 12.6. The van der Waals surface area contributed by atoms with Crippen LogP contribution in [0.5, 0.6) is 0 Å². The zero-order valence-electron chi connectivity index (χ0n) is 11.0. The molecule has 0 amide bonds. The molecular weight excluding hydrogens is 228 g/mol. The van der Waals surface area contributed by atoms with Gasteiger partial charge in [-0.25, -0.2) is 0 Å². The quantitative estimate of drug-likeness (QED) is 0.880. The van der Waals surface area contributed by atoms with E-state index in [2.05, 4.69) is 16.5 Å². The molecule has 2 rings (SSSR count). The van der Waals surface area contributed by atoms with Gasteiger partial charge in [0.05, 0.1) is 12.3 Å². The third kappa shape index (κ3) is 2.90. The topological polar surface area (TPSA) is 47.3 Å². The van der Waals surface area contributed by atoms with Crippen LogP contribution in [0.25, 0.3) is 0 Å². The van der Waals surface area contributed by atoms with Crippen molar-refractivity contribution in [3.8, 4) is 0 Å². The lowest BCUT2D eigenvalue weighted by atomic mass is 10.2. The number of hydrogen-bond acceptors (Lipinski definition) is 4. The Balaban J connectivity index is 2.04. The molecule has 0 aliphatic carbocycles. The summed E-state index contributed by atoms with van der Waals surface area (Å²) in [6.07, 6.45) is 0. The Hall–Kier alpha value is -1.81. The van der Waals surface area contributed by atoms with Crippen LogP contribution in [0.15, 0.2) is 28.8 Å². The molecule has 0 saturated heterocycles. The molecule has 1 N–H and O–H groups in total. The molecule has 18 heavy (non-hydrogen) atoms. The average Bonchev–Trinajstić information content (AvgIpc) is 2.68. The molecule has 0 saturated carbocycles. The molecule has 1 aromatic carbocycles. The summed E-state index contributed by atoms with van der Waals surface area (Å²) in [6.45, 7) is 5.23. The van der Waals surface area contributed by atoms with Crippen LogP contribution in [0.3, 0.4) is 0 Å². The van der Waals surface area contributed by atoms with Crippen molar-refractivity contribution in [2.75, 3.05) is 12.4 Å². The number of ether oxygens (including phenoxy) is 1. The summed E-state index contributed by atoms with van der Waals surface area (Å²) in [4.78, 5) is 0. The van der Waals surface area contributed by atoms with Crippen LogP contribution in [0.4, 0.5) is 5.69 Å². The second-order valence-electron chi connectivity index (χ2n) is 4.29. The van der Waals surface area contributed by atoms with E-state index in [0.717, 1.165) is 34.8 Å². The zero-order chi connectivity index (χ0) is 13.0. The van der Waals surface area contributed by atoms with Gasteiger partial charge in [0.2, 0.25) is 0 Å². The largest absolute Gasteiger partial charge is 0.381 e. The lowest BCUT2D eigenvalue weighted by Crippen LogP contribution is -2.02. The molecule has 4 heteroatoms.